The lowest BCUT2D eigenvalue weighted by Gasteiger charge is -2.25. The second-order valence-corrected chi connectivity index (χ2v) is 4.49. The van der Waals surface area contributed by atoms with Crippen LogP contribution in [0.1, 0.15) is 10.4 Å². The molecule has 4 N–H and O–H groups in total. The summed E-state index contributed by atoms with van der Waals surface area (Å²) in [7, 11) is 0. The molecule has 0 atom stereocenters. The van der Waals surface area contributed by atoms with Crippen molar-refractivity contribution in [2.75, 3.05) is 38.2 Å². The van der Waals surface area contributed by atoms with E-state index in [1.54, 1.807) is 24.3 Å². The van der Waals surface area contributed by atoms with Crippen LogP contribution in [-0.2, 0) is 9.53 Å². The molecular weight excluding hydrogens is 260 g/mol. The van der Waals surface area contributed by atoms with E-state index in [0.29, 0.717) is 31.0 Å². The topological polar surface area (TPSA) is 96.7 Å². The molecule has 1 aromatic carbocycles. The van der Waals surface area contributed by atoms with Crippen LogP contribution in [0.25, 0.3) is 0 Å². The SMILES string of the molecule is NNC(=O)c1ccc(NC(=O)CN2CCOCC2)cc1. The lowest BCUT2D eigenvalue weighted by molar-refractivity contribution is -0.118. The zero-order chi connectivity index (χ0) is 14.4. The van der Waals surface area contributed by atoms with E-state index in [1.807, 2.05) is 4.90 Å². The van der Waals surface area contributed by atoms with Crippen molar-refractivity contribution in [2.45, 2.75) is 0 Å². The van der Waals surface area contributed by atoms with Gasteiger partial charge in [-0.15, -0.1) is 0 Å². The molecule has 1 aliphatic rings. The number of carbonyl (C=O) groups excluding carboxylic acids is 2. The Hall–Kier alpha value is -1.96. The first kappa shape index (κ1) is 14.4. The molecule has 0 bridgehead atoms. The fraction of sp³-hybridized carbons (Fsp3) is 0.385. The average Bonchev–Trinajstić information content (AvgIpc) is 2.48. The molecule has 0 radical (unpaired) electrons. The number of hydrogen-bond acceptors (Lipinski definition) is 5. The van der Waals surface area contributed by atoms with E-state index in [-0.39, 0.29) is 11.8 Å². The molecule has 0 spiro atoms. The monoisotopic (exact) mass is 278 g/mol. The Bertz CT molecular complexity index is 469. The minimum Gasteiger partial charge on any atom is -0.379 e. The molecule has 7 heteroatoms. The number of carbonyl (C=O) groups is 2. The predicted molar refractivity (Wildman–Crippen MR) is 74.0 cm³/mol. The van der Waals surface area contributed by atoms with Gasteiger partial charge in [0.2, 0.25) is 5.91 Å². The summed E-state index contributed by atoms with van der Waals surface area (Å²) >= 11 is 0. The molecule has 7 nitrogen and oxygen atoms in total. The maximum absolute atomic E-state index is 11.9. The zero-order valence-corrected chi connectivity index (χ0v) is 11.1. The van der Waals surface area contributed by atoms with Crippen molar-refractivity contribution in [2.24, 2.45) is 5.84 Å². The van der Waals surface area contributed by atoms with Gasteiger partial charge in [-0.05, 0) is 24.3 Å². The van der Waals surface area contributed by atoms with Gasteiger partial charge in [0.15, 0.2) is 0 Å². The fourth-order valence-corrected chi connectivity index (χ4v) is 1.95. The second-order valence-electron chi connectivity index (χ2n) is 4.49. The molecule has 0 unspecified atom stereocenters. The molecule has 1 aliphatic heterocycles. The third-order valence-corrected chi connectivity index (χ3v) is 3.03. The highest BCUT2D eigenvalue weighted by Gasteiger charge is 2.14. The summed E-state index contributed by atoms with van der Waals surface area (Å²) in [6.07, 6.45) is 0. The molecule has 0 saturated carbocycles. The third kappa shape index (κ3) is 4.02. The van der Waals surface area contributed by atoms with E-state index >= 15 is 0 Å². The van der Waals surface area contributed by atoms with Crippen LogP contribution in [0.5, 0.6) is 0 Å². The van der Waals surface area contributed by atoms with Crippen molar-refractivity contribution in [3.05, 3.63) is 29.8 Å². The number of ether oxygens (including phenoxy) is 1. The highest BCUT2D eigenvalue weighted by molar-refractivity contribution is 5.95. The van der Waals surface area contributed by atoms with Crippen molar-refractivity contribution in [3.63, 3.8) is 0 Å². The fourth-order valence-electron chi connectivity index (χ4n) is 1.95. The molecule has 1 fully saturated rings. The van der Waals surface area contributed by atoms with Gasteiger partial charge in [-0.3, -0.25) is 19.9 Å². The first-order valence-electron chi connectivity index (χ1n) is 6.40. The van der Waals surface area contributed by atoms with Crippen LogP contribution in [0.4, 0.5) is 5.69 Å². The van der Waals surface area contributed by atoms with Gasteiger partial charge in [-0.2, -0.15) is 0 Å². The Morgan fingerprint density at radius 3 is 2.45 bits per heavy atom. The number of morpholine rings is 1. The van der Waals surface area contributed by atoms with Gasteiger partial charge < -0.3 is 10.1 Å². The van der Waals surface area contributed by atoms with Crippen molar-refractivity contribution in [1.29, 1.82) is 0 Å². The normalized spacial score (nSPS) is 15.7. The van der Waals surface area contributed by atoms with E-state index in [2.05, 4.69) is 10.7 Å². The number of benzene rings is 1. The van der Waals surface area contributed by atoms with Crippen LogP contribution in [0.15, 0.2) is 24.3 Å². The van der Waals surface area contributed by atoms with Crippen LogP contribution in [0, 0.1) is 0 Å². The molecule has 0 aromatic heterocycles. The maximum atomic E-state index is 11.9. The number of nitrogen functional groups attached to an aromatic ring is 1. The maximum Gasteiger partial charge on any atom is 0.265 e. The predicted octanol–water partition coefficient (Wildman–Crippen LogP) is -0.439. The van der Waals surface area contributed by atoms with Crippen LogP contribution in [0.3, 0.4) is 0 Å². The molecule has 2 rings (SSSR count). The van der Waals surface area contributed by atoms with Crippen LogP contribution < -0.4 is 16.6 Å². The summed E-state index contributed by atoms with van der Waals surface area (Å²) < 4.78 is 5.22. The van der Waals surface area contributed by atoms with E-state index in [4.69, 9.17) is 10.6 Å². The zero-order valence-electron chi connectivity index (χ0n) is 11.1. The van der Waals surface area contributed by atoms with Crippen LogP contribution in [-0.4, -0.2) is 49.6 Å². The van der Waals surface area contributed by atoms with Gasteiger partial charge in [0.1, 0.15) is 0 Å². The number of nitrogens with zero attached hydrogens (tertiary/aromatic N) is 1. The Morgan fingerprint density at radius 2 is 1.85 bits per heavy atom. The molecule has 2 amide bonds. The standard InChI is InChI=1S/C13H18N4O3/c14-16-13(19)10-1-3-11(4-2-10)15-12(18)9-17-5-7-20-8-6-17/h1-4H,5-9,14H2,(H,15,18)(H,16,19). The molecule has 1 aromatic rings. The van der Waals surface area contributed by atoms with Gasteiger partial charge in [0, 0.05) is 24.3 Å². The minimum atomic E-state index is -0.365. The van der Waals surface area contributed by atoms with E-state index in [1.165, 1.54) is 0 Å². The smallest absolute Gasteiger partial charge is 0.265 e. The van der Waals surface area contributed by atoms with Crippen LogP contribution in [0.2, 0.25) is 0 Å². The molecule has 108 valence electrons. The lowest BCUT2D eigenvalue weighted by Crippen LogP contribution is -2.41. The Kier molecular flexibility index (Phi) is 5.05. The summed E-state index contributed by atoms with van der Waals surface area (Å²) in [5.74, 6) is 4.60. The van der Waals surface area contributed by atoms with Crippen LogP contribution >= 0.6 is 0 Å². The van der Waals surface area contributed by atoms with Crippen molar-refractivity contribution in [1.82, 2.24) is 10.3 Å². The number of amides is 2. The summed E-state index contributed by atoms with van der Waals surface area (Å²) in [6.45, 7) is 3.20. The van der Waals surface area contributed by atoms with Gasteiger partial charge in [0.05, 0.1) is 19.8 Å². The Labute approximate surface area is 117 Å². The Balaban J connectivity index is 1.85. The lowest BCUT2D eigenvalue weighted by atomic mass is 10.2. The quantitative estimate of drug-likeness (QED) is 0.394. The van der Waals surface area contributed by atoms with E-state index < -0.39 is 0 Å². The molecule has 1 heterocycles. The largest absolute Gasteiger partial charge is 0.379 e. The number of nitrogens with two attached hydrogens (primary N) is 1. The van der Waals surface area contributed by atoms with E-state index in [0.717, 1.165) is 13.1 Å². The summed E-state index contributed by atoms with van der Waals surface area (Å²) in [4.78, 5) is 25.2. The van der Waals surface area contributed by atoms with Crippen molar-refractivity contribution in [3.8, 4) is 0 Å². The Morgan fingerprint density at radius 1 is 1.20 bits per heavy atom. The number of hydrogen-bond donors (Lipinski definition) is 3. The summed E-state index contributed by atoms with van der Waals surface area (Å²) in [5, 5.41) is 2.79. The van der Waals surface area contributed by atoms with Gasteiger partial charge in [0.25, 0.3) is 5.91 Å². The highest BCUT2D eigenvalue weighted by atomic mass is 16.5. The molecule has 0 aliphatic carbocycles. The van der Waals surface area contributed by atoms with Crippen molar-refractivity contribution < 1.29 is 14.3 Å². The minimum absolute atomic E-state index is 0.0806. The second kappa shape index (κ2) is 6.99. The van der Waals surface area contributed by atoms with Gasteiger partial charge in [-0.25, -0.2) is 5.84 Å². The number of nitrogens with one attached hydrogen (secondary N) is 2. The number of hydrazine groups is 1. The van der Waals surface area contributed by atoms with Gasteiger partial charge >= 0.3 is 0 Å². The first-order chi connectivity index (χ1) is 9.69. The first-order valence-corrected chi connectivity index (χ1v) is 6.40. The van der Waals surface area contributed by atoms with Crippen molar-refractivity contribution >= 4 is 17.5 Å². The number of rotatable bonds is 4. The van der Waals surface area contributed by atoms with Gasteiger partial charge in [-0.1, -0.05) is 0 Å². The molecular formula is C13H18N4O3. The summed E-state index contributed by atoms with van der Waals surface area (Å²) in [6, 6.07) is 6.54. The summed E-state index contributed by atoms with van der Waals surface area (Å²) in [5.41, 5.74) is 3.14. The molecule has 20 heavy (non-hydrogen) atoms. The highest BCUT2D eigenvalue weighted by Crippen LogP contribution is 2.09. The molecule has 1 saturated heterocycles. The third-order valence-electron chi connectivity index (χ3n) is 3.03. The van der Waals surface area contributed by atoms with E-state index in [9.17, 15) is 9.59 Å². The number of anilines is 1. The average molecular weight is 278 g/mol.